The fraction of sp³-hybridized carbons (Fsp3) is 0.625. The smallest absolute Gasteiger partial charge is 0.331 e. The normalized spacial score (nSPS) is 19.6. The molecule has 0 aliphatic carbocycles. The molecule has 1 heterocycles. The lowest BCUT2D eigenvalue weighted by molar-refractivity contribution is -0.133. The third kappa shape index (κ3) is 2.26. The van der Waals surface area contributed by atoms with E-state index in [1.54, 1.807) is 0 Å². The van der Waals surface area contributed by atoms with Crippen molar-refractivity contribution >= 4 is 17.7 Å². The summed E-state index contributed by atoms with van der Waals surface area (Å²) < 4.78 is 0. The van der Waals surface area contributed by atoms with Gasteiger partial charge < -0.3 is 5.11 Å². The van der Waals surface area contributed by atoms with Crippen LogP contribution < -0.4 is 0 Å². The van der Waals surface area contributed by atoms with Gasteiger partial charge in [0.25, 0.3) is 0 Å². The molecule has 1 saturated heterocycles. The van der Waals surface area contributed by atoms with E-state index in [-0.39, 0.29) is 5.92 Å². The van der Waals surface area contributed by atoms with E-state index >= 15 is 0 Å². The largest absolute Gasteiger partial charge is 0.478 e. The first-order valence-electron chi connectivity index (χ1n) is 3.71. The number of carbonyl (C=O) groups is 1. The Hall–Kier alpha value is -0.440. The summed E-state index contributed by atoms with van der Waals surface area (Å²) in [4.78, 5) is 10.5. The first-order valence-corrected chi connectivity index (χ1v) is 4.87. The monoisotopic (exact) mass is 172 g/mol. The van der Waals surface area contributed by atoms with Gasteiger partial charge in [0.05, 0.1) is 0 Å². The lowest BCUT2D eigenvalue weighted by Gasteiger charge is -2.20. The first-order chi connectivity index (χ1) is 5.22. The molecule has 11 heavy (non-hydrogen) atoms. The van der Waals surface area contributed by atoms with Crippen LogP contribution >= 0.6 is 11.8 Å². The topological polar surface area (TPSA) is 37.3 Å². The van der Waals surface area contributed by atoms with Crippen molar-refractivity contribution in [2.45, 2.75) is 12.8 Å². The molecule has 1 aliphatic rings. The average Bonchev–Trinajstić information content (AvgIpc) is 2.05. The van der Waals surface area contributed by atoms with E-state index < -0.39 is 5.97 Å². The van der Waals surface area contributed by atoms with Crippen LogP contribution in [-0.2, 0) is 4.79 Å². The van der Waals surface area contributed by atoms with Crippen LogP contribution in [0.2, 0.25) is 0 Å². The van der Waals surface area contributed by atoms with Crippen molar-refractivity contribution in [3.05, 3.63) is 12.2 Å². The van der Waals surface area contributed by atoms with Crippen LogP contribution in [0.15, 0.2) is 12.2 Å². The molecule has 0 radical (unpaired) electrons. The van der Waals surface area contributed by atoms with Crippen LogP contribution in [0.3, 0.4) is 0 Å². The first kappa shape index (κ1) is 8.65. The predicted octanol–water partition coefficient (Wildman–Crippen LogP) is 1.77. The fourth-order valence-corrected chi connectivity index (χ4v) is 2.33. The highest BCUT2D eigenvalue weighted by Gasteiger charge is 2.20. The Morgan fingerprint density at radius 1 is 1.45 bits per heavy atom. The Labute approximate surface area is 70.7 Å². The predicted molar refractivity (Wildman–Crippen MR) is 46.8 cm³/mol. The highest BCUT2D eigenvalue weighted by atomic mass is 32.2. The molecule has 0 unspecified atom stereocenters. The maximum absolute atomic E-state index is 10.5. The molecule has 0 aromatic rings. The number of hydrogen-bond donors (Lipinski definition) is 1. The second kappa shape index (κ2) is 3.81. The molecule has 3 heteroatoms. The van der Waals surface area contributed by atoms with Crippen LogP contribution in [0.1, 0.15) is 12.8 Å². The van der Waals surface area contributed by atoms with Crippen molar-refractivity contribution in [2.24, 2.45) is 5.92 Å². The summed E-state index contributed by atoms with van der Waals surface area (Å²) in [6, 6.07) is 0. The number of carboxylic acids is 1. The zero-order valence-corrected chi connectivity index (χ0v) is 7.19. The molecule has 1 aliphatic heterocycles. The summed E-state index contributed by atoms with van der Waals surface area (Å²) in [6.45, 7) is 3.57. The third-order valence-electron chi connectivity index (χ3n) is 1.99. The minimum atomic E-state index is -0.832. The van der Waals surface area contributed by atoms with Gasteiger partial charge in [-0.25, -0.2) is 4.79 Å². The van der Waals surface area contributed by atoms with Gasteiger partial charge in [0, 0.05) is 5.57 Å². The lowest BCUT2D eigenvalue weighted by Crippen LogP contribution is -2.16. The number of hydrogen-bond acceptors (Lipinski definition) is 2. The molecule has 0 bridgehead atoms. The van der Waals surface area contributed by atoms with Gasteiger partial charge in [-0.3, -0.25) is 0 Å². The van der Waals surface area contributed by atoms with Crippen LogP contribution in [0, 0.1) is 5.92 Å². The summed E-state index contributed by atoms with van der Waals surface area (Å²) in [6.07, 6.45) is 1.96. The van der Waals surface area contributed by atoms with Crippen molar-refractivity contribution in [1.29, 1.82) is 0 Å². The molecule has 1 fully saturated rings. The molecule has 0 spiro atoms. The van der Waals surface area contributed by atoms with Gasteiger partial charge >= 0.3 is 5.97 Å². The summed E-state index contributed by atoms with van der Waals surface area (Å²) in [5.41, 5.74) is 0.394. The van der Waals surface area contributed by atoms with Crippen LogP contribution in [-0.4, -0.2) is 22.6 Å². The Morgan fingerprint density at radius 3 is 2.45 bits per heavy atom. The molecule has 0 amide bonds. The van der Waals surface area contributed by atoms with E-state index in [1.165, 1.54) is 0 Å². The lowest BCUT2D eigenvalue weighted by atomic mass is 9.95. The Kier molecular flexibility index (Phi) is 3.00. The fourth-order valence-electron chi connectivity index (χ4n) is 1.22. The molecule has 2 nitrogen and oxygen atoms in total. The summed E-state index contributed by atoms with van der Waals surface area (Å²) >= 11 is 1.89. The summed E-state index contributed by atoms with van der Waals surface area (Å²) in [5, 5.41) is 8.63. The van der Waals surface area contributed by atoms with E-state index in [1.807, 2.05) is 11.8 Å². The van der Waals surface area contributed by atoms with Gasteiger partial charge in [0.1, 0.15) is 0 Å². The molecule has 1 rings (SSSR count). The Balaban J connectivity index is 2.45. The molecular weight excluding hydrogens is 160 g/mol. The van der Waals surface area contributed by atoms with Gasteiger partial charge in [-0.05, 0) is 30.3 Å². The number of aliphatic carboxylic acids is 1. The molecule has 0 aromatic carbocycles. The van der Waals surface area contributed by atoms with Gasteiger partial charge in [-0.2, -0.15) is 11.8 Å². The molecule has 0 atom stereocenters. The highest BCUT2D eigenvalue weighted by molar-refractivity contribution is 7.99. The van der Waals surface area contributed by atoms with Crippen LogP contribution in [0.4, 0.5) is 0 Å². The van der Waals surface area contributed by atoms with E-state index in [2.05, 4.69) is 6.58 Å². The zero-order valence-electron chi connectivity index (χ0n) is 6.38. The van der Waals surface area contributed by atoms with Crippen molar-refractivity contribution in [1.82, 2.24) is 0 Å². The SMILES string of the molecule is C=C(C(=O)O)C1CCSCC1. The van der Waals surface area contributed by atoms with Crippen molar-refractivity contribution in [2.75, 3.05) is 11.5 Å². The summed E-state index contributed by atoms with van der Waals surface area (Å²) in [7, 11) is 0. The Morgan fingerprint density at radius 2 is 2.00 bits per heavy atom. The van der Waals surface area contributed by atoms with Crippen molar-refractivity contribution in [3.8, 4) is 0 Å². The van der Waals surface area contributed by atoms with Crippen molar-refractivity contribution in [3.63, 3.8) is 0 Å². The number of carboxylic acid groups (broad SMARTS) is 1. The second-order valence-electron chi connectivity index (χ2n) is 2.72. The second-order valence-corrected chi connectivity index (χ2v) is 3.94. The van der Waals surface area contributed by atoms with Crippen LogP contribution in [0.25, 0.3) is 0 Å². The molecule has 1 N–H and O–H groups in total. The number of rotatable bonds is 2. The minimum absolute atomic E-state index is 0.230. The van der Waals surface area contributed by atoms with E-state index in [9.17, 15) is 4.79 Å². The van der Waals surface area contributed by atoms with Crippen molar-refractivity contribution < 1.29 is 9.90 Å². The van der Waals surface area contributed by atoms with Gasteiger partial charge in [-0.15, -0.1) is 0 Å². The van der Waals surface area contributed by atoms with E-state index in [0.717, 1.165) is 24.3 Å². The molecule has 0 aromatic heterocycles. The summed E-state index contributed by atoms with van der Waals surface area (Å²) in [5.74, 6) is 1.56. The quantitative estimate of drug-likeness (QED) is 0.645. The zero-order chi connectivity index (χ0) is 8.27. The average molecular weight is 172 g/mol. The molecule has 62 valence electrons. The molecule has 0 saturated carbocycles. The van der Waals surface area contributed by atoms with Gasteiger partial charge in [-0.1, -0.05) is 6.58 Å². The maximum atomic E-state index is 10.5. The third-order valence-corrected chi connectivity index (χ3v) is 3.04. The standard InChI is InChI=1S/C8H12O2S/c1-6(8(9)10)7-2-4-11-5-3-7/h7H,1-5H2,(H,9,10). The maximum Gasteiger partial charge on any atom is 0.331 e. The van der Waals surface area contributed by atoms with E-state index in [0.29, 0.717) is 5.57 Å². The highest BCUT2D eigenvalue weighted by Crippen LogP contribution is 2.27. The van der Waals surface area contributed by atoms with Gasteiger partial charge in [0.2, 0.25) is 0 Å². The van der Waals surface area contributed by atoms with Crippen LogP contribution in [0.5, 0.6) is 0 Å². The van der Waals surface area contributed by atoms with E-state index in [4.69, 9.17) is 5.11 Å². The number of thioether (sulfide) groups is 1. The van der Waals surface area contributed by atoms with Gasteiger partial charge in [0.15, 0.2) is 0 Å². The Bertz CT molecular complexity index is 171. The minimum Gasteiger partial charge on any atom is -0.478 e. The molecular formula is C8H12O2S.